The van der Waals surface area contributed by atoms with Gasteiger partial charge in [-0.25, -0.2) is 24.5 Å². The molecule has 10 nitrogen and oxygen atoms in total. The number of ether oxygens (including phenoxy) is 2. The maximum atomic E-state index is 13.5. The van der Waals surface area contributed by atoms with Crippen LogP contribution in [0.25, 0.3) is 11.1 Å². The Kier molecular flexibility index (Phi) is 8.96. The molecule has 0 aliphatic heterocycles. The second kappa shape index (κ2) is 12.6. The number of alkyl carbamates (subject to hydrolysis) is 1. The second-order valence-electron chi connectivity index (χ2n) is 10.5. The van der Waals surface area contributed by atoms with E-state index in [4.69, 9.17) is 9.47 Å². The molecule has 0 bridgehead atoms. The van der Waals surface area contributed by atoms with E-state index < -0.39 is 11.7 Å². The highest BCUT2D eigenvalue weighted by atomic mass is 16.6. The number of methoxy groups -OCH3 is 1. The van der Waals surface area contributed by atoms with Gasteiger partial charge in [-0.05, 0) is 64.2 Å². The zero-order valence-electron chi connectivity index (χ0n) is 22.9. The first-order valence-electron chi connectivity index (χ1n) is 13.1. The molecule has 206 valence electrons. The van der Waals surface area contributed by atoms with Crippen LogP contribution in [0.4, 0.5) is 15.4 Å². The van der Waals surface area contributed by atoms with Crippen molar-refractivity contribution in [2.24, 2.45) is 0 Å². The number of pyridine rings is 1. The molecule has 1 fully saturated rings. The lowest BCUT2D eigenvalue weighted by Crippen LogP contribution is -2.50. The van der Waals surface area contributed by atoms with Crippen molar-refractivity contribution >= 4 is 17.9 Å². The molecule has 4 rings (SSSR count). The van der Waals surface area contributed by atoms with Crippen LogP contribution in [-0.2, 0) is 11.3 Å². The number of benzene rings is 1. The minimum atomic E-state index is -0.551. The predicted octanol–water partition coefficient (Wildman–Crippen LogP) is 5.10. The zero-order valence-corrected chi connectivity index (χ0v) is 22.9. The van der Waals surface area contributed by atoms with Gasteiger partial charge in [0, 0.05) is 48.3 Å². The molecular formula is C29H36N6O4. The minimum Gasteiger partial charge on any atom is -0.467 e. The van der Waals surface area contributed by atoms with Crippen molar-refractivity contribution in [3.8, 4) is 17.1 Å². The molecule has 39 heavy (non-hydrogen) atoms. The second-order valence-corrected chi connectivity index (χ2v) is 10.5. The number of nitrogens with one attached hydrogen (secondary N) is 2. The quantitative estimate of drug-likeness (QED) is 0.435. The monoisotopic (exact) mass is 532 g/mol. The van der Waals surface area contributed by atoms with Crippen molar-refractivity contribution in [1.82, 2.24) is 25.6 Å². The summed E-state index contributed by atoms with van der Waals surface area (Å²) in [5.41, 5.74) is 2.09. The summed E-state index contributed by atoms with van der Waals surface area (Å²) in [6, 6.07) is 13.5. The van der Waals surface area contributed by atoms with Crippen LogP contribution in [0.2, 0.25) is 0 Å². The smallest absolute Gasteiger partial charge is 0.407 e. The number of hydrogen-bond donors (Lipinski definition) is 2. The molecule has 0 saturated heterocycles. The number of aromatic nitrogens is 3. The van der Waals surface area contributed by atoms with Crippen LogP contribution in [-0.4, -0.2) is 51.9 Å². The number of carbonyl (C=O) groups excluding carboxylic acids is 2. The van der Waals surface area contributed by atoms with Crippen LogP contribution in [0.15, 0.2) is 61.1 Å². The highest BCUT2D eigenvalue weighted by molar-refractivity contribution is 5.91. The lowest BCUT2D eigenvalue weighted by Gasteiger charge is -2.36. The molecule has 3 amide bonds. The van der Waals surface area contributed by atoms with Crippen molar-refractivity contribution in [2.75, 3.05) is 12.0 Å². The number of hydrogen-bond acceptors (Lipinski definition) is 7. The van der Waals surface area contributed by atoms with Crippen molar-refractivity contribution < 1.29 is 19.1 Å². The molecule has 2 heterocycles. The fourth-order valence-electron chi connectivity index (χ4n) is 4.54. The van der Waals surface area contributed by atoms with E-state index in [-0.39, 0.29) is 18.1 Å². The third-order valence-electron chi connectivity index (χ3n) is 6.43. The molecule has 0 atom stereocenters. The fourth-order valence-corrected chi connectivity index (χ4v) is 4.54. The third kappa shape index (κ3) is 7.89. The van der Waals surface area contributed by atoms with Gasteiger partial charge in [0.25, 0.3) is 0 Å². The molecule has 10 heteroatoms. The zero-order chi connectivity index (χ0) is 27.8. The number of anilines is 1. The molecule has 2 aromatic heterocycles. The molecule has 0 spiro atoms. The molecule has 1 aliphatic rings. The van der Waals surface area contributed by atoms with Gasteiger partial charge in [0.15, 0.2) is 0 Å². The van der Waals surface area contributed by atoms with Gasteiger partial charge in [-0.2, -0.15) is 0 Å². The summed E-state index contributed by atoms with van der Waals surface area (Å²) in [7, 11) is 1.52. The number of urea groups is 1. The van der Waals surface area contributed by atoms with Crippen LogP contribution in [0.1, 0.15) is 52.0 Å². The van der Waals surface area contributed by atoms with Crippen LogP contribution < -0.4 is 20.3 Å². The average molecular weight is 533 g/mol. The molecule has 1 aliphatic carbocycles. The van der Waals surface area contributed by atoms with Gasteiger partial charge in [-0.15, -0.1) is 0 Å². The Hall–Kier alpha value is -4.21. The minimum absolute atomic E-state index is 0.00395. The van der Waals surface area contributed by atoms with Gasteiger partial charge >= 0.3 is 18.1 Å². The lowest BCUT2D eigenvalue weighted by atomic mass is 9.90. The summed E-state index contributed by atoms with van der Waals surface area (Å²) in [6.07, 6.45) is 7.54. The Morgan fingerprint density at radius 2 is 1.59 bits per heavy atom. The Morgan fingerprint density at radius 3 is 2.18 bits per heavy atom. The first-order valence-corrected chi connectivity index (χ1v) is 13.1. The van der Waals surface area contributed by atoms with Gasteiger partial charge in [-0.3, -0.25) is 4.90 Å². The molecule has 1 saturated carbocycles. The Bertz CT molecular complexity index is 1220. The van der Waals surface area contributed by atoms with Crippen LogP contribution in [0.5, 0.6) is 6.01 Å². The van der Waals surface area contributed by atoms with Gasteiger partial charge in [0.05, 0.1) is 7.11 Å². The highest BCUT2D eigenvalue weighted by Gasteiger charge is 2.32. The van der Waals surface area contributed by atoms with Gasteiger partial charge < -0.3 is 20.1 Å². The fraction of sp³-hybridized carbons (Fsp3) is 0.414. The Balaban J connectivity index is 1.47. The summed E-state index contributed by atoms with van der Waals surface area (Å²) >= 11 is 0. The summed E-state index contributed by atoms with van der Waals surface area (Å²) in [6.45, 7) is 5.94. The van der Waals surface area contributed by atoms with Crippen molar-refractivity contribution in [3.05, 3.63) is 66.6 Å². The van der Waals surface area contributed by atoms with E-state index >= 15 is 0 Å². The molecule has 3 aromatic rings. The highest BCUT2D eigenvalue weighted by Crippen LogP contribution is 2.29. The van der Waals surface area contributed by atoms with Crippen LogP contribution >= 0.6 is 0 Å². The summed E-state index contributed by atoms with van der Waals surface area (Å²) in [4.78, 5) is 40.5. The molecule has 0 radical (unpaired) electrons. The van der Waals surface area contributed by atoms with Crippen LogP contribution in [0, 0.1) is 0 Å². The maximum Gasteiger partial charge on any atom is 0.407 e. The maximum absolute atomic E-state index is 13.5. The van der Waals surface area contributed by atoms with E-state index in [9.17, 15) is 9.59 Å². The van der Waals surface area contributed by atoms with E-state index in [1.54, 1.807) is 23.5 Å². The van der Waals surface area contributed by atoms with Gasteiger partial charge in [-0.1, -0.05) is 30.3 Å². The van der Waals surface area contributed by atoms with E-state index in [1.165, 1.54) is 7.11 Å². The first-order chi connectivity index (χ1) is 18.7. The molecule has 0 unspecified atom stereocenters. The SMILES string of the molecule is COc1ncc(-c2ccc(N(C(=O)NCc3ccccc3)[C@H]3CC[C@H](NC(=O)OC(C)(C)C)CC3)nc2)cn1. The standard InChI is InChI=1S/C29H36N6O4/c1-29(2,3)39-28(37)34-23-11-13-24(14-12-23)35(27(36)33-16-20-8-6-5-7-9-20)25-15-10-21(17-30-25)22-18-31-26(38-4)32-19-22/h5-10,15,17-19,23-24H,11-14,16H2,1-4H3,(H,33,36)(H,34,37)/t23-,24-. The van der Waals surface area contributed by atoms with Crippen molar-refractivity contribution in [2.45, 2.75) is 70.7 Å². The summed E-state index contributed by atoms with van der Waals surface area (Å²) in [5, 5.41) is 6.01. The van der Waals surface area contributed by atoms with E-state index in [1.807, 2.05) is 63.2 Å². The largest absolute Gasteiger partial charge is 0.467 e. The molecule has 2 N–H and O–H groups in total. The van der Waals surface area contributed by atoms with Crippen LogP contribution in [0.3, 0.4) is 0 Å². The van der Waals surface area contributed by atoms with Crippen molar-refractivity contribution in [1.29, 1.82) is 0 Å². The predicted molar refractivity (Wildman–Crippen MR) is 148 cm³/mol. The van der Waals surface area contributed by atoms with Crippen molar-refractivity contribution in [3.63, 3.8) is 0 Å². The average Bonchev–Trinajstić information content (AvgIpc) is 2.93. The topological polar surface area (TPSA) is 119 Å². The number of amides is 3. The molecule has 1 aromatic carbocycles. The number of nitrogens with zero attached hydrogens (tertiary/aromatic N) is 4. The van der Waals surface area contributed by atoms with Gasteiger partial charge in [0.2, 0.25) is 0 Å². The lowest BCUT2D eigenvalue weighted by molar-refractivity contribution is 0.0491. The summed E-state index contributed by atoms with van der Waals surface area (Å²) < 4.78 is 10.4. The summed E-state index contributed by atoms with van der Waals surface area (Å²) in [5.74, 6) is 0.558. The van der Waals surface area contributed by atoms with Gasteiger partial charge in [0.1, 0.15) is 11.4 Å². The Labute approximate surface area is 229 Å². The number of carbonyl (C=O) groups is 2. The normalized spacial score (nSPS) is 17.1. The van der Waals surface area contributed by atoms with E-state index in [0.29, 0.717) is 18.4 Å². The van der Waals surface area contributed by atoms with E-state index in [2.05, 4.69) is 25.6 Å². The Morgan fingerprint density at radius 1 is 0.923 bits per heavy atom. The molecular weight excluding hydrogens is 496 g/mol. The first kappa shape index (κ1) is 27.8. The third-order valence-corrected chi connectivity index (χ3v) is 6.43. The number of rotatable bonds is 7. The van der Waals surface area contributed by atoms with E-state index in [0.717, 1.165) is 42.4 Å².